The van der Waals surface area contributed by atoms with E-state index in [1.165, 1.54) is 32.2 Å². The molecule has 0 aromatic carbocycles. The average Bonchev–Trinajstić information content (AvgIpc) is 2.83. The lowest BCUT2D eigenvalue weighted by atomic mass is 10.0. The summed E-state index contributed by atoms with van der Waals surface area (Å²) in [5.41, 5.74) is 0.642. The molecule has 1 fully saturated rings. The van der Waals surface area contributed by atoms with Crippen molar-refractivity contribution in [1.29, 1.82) is 0 Å². The van der Waals surface area contributed by atoms with Gasteiger partial charge < -0.3 is 10.1 Å². The van der Waals surface area contributed by atoms with Crippen LogP contribution in [0.4, 0.5) is 0 Å². The molecule has 0 unspecified atom stereocenters. The lowest BCUT2D eigenvalue weighted by Gasteiger charge is -2.17. The molecule has 2 heteroatoms. The Balaban J connectivity index is 2.08. The van der Waals surface area contributed by atoms with Crippen LogP contribution >= 0.6 is 0 Å². The van der Waals surface area contributed by atoms with E-state index in [1.54, 1.807) is 7.11 Å². The summed E-state index contributed by atoms with van der Waals surface area (Å²) in [4.78, 5) is 0. The minimum absolute atomic E-state index is 0.625. The summed E-state index contributed by atoms with van der Waals surface area (Å²) >= 11 is 0. The molecule has 0 amide bonds. The van der Waals surface area contributed by atoms with E-state index in [0.717, 1.165) is 6.61 Å². The zero-order valence-corrected chi connectivity index (χ0v) is 9.23. The highest BCUT2D eigenvalue weighted by atomic mass is 16.5. The number of rotatable bonds is 7. The SMILES string of the molecule is COCCCC1(CNC(C)C)CC1. The summed E-state index contributed by atoms with van der Waals surface area (Å²) in [5.74, 6) is 0. The highest BCUT2D eigenvalue weighted by Gasteiger charge is 2.41. The molecule has 0 atom stereocenters. The van der Waals surface area contributed by atoms with Gasteiger partial charge in [0.1, 0.15) is 0 Å². The Morgan fingerprint density at radius 1 is 1.38 bits per heavy atom. The van der Waals surface area contributed by atoms with Crippen LogP contribution in [0.5, 0.6) is 0 Å². The highest BCUT2D eigenvalue weighted by molar-refractivity contribution is 4.94. The first-order valence-corrected chi connectivity index (χ1v) is 5.41. The van der Waals surface area contributed by atoms with E-state index in [2.05, 4.69) is 19.2 Å². The third kappa shape index (κ3) is 4.10. The molecule has 0 bridgehead atoms. The molecule has 1 N–H and O–H groups in total. The maximum atomic E-state index is 5.07. The summed E-state index contributed by atoms with van der Waals surface area (Å²) < 4.78 is 5.07. The summed E-state index contributed by atoms with van der Waals surface area (Å²) in [6.45, 7) is 6.55. The molecule has 0 heterocycles. The minimum Gasteiger partial charge on any atom is -0.385 e. The van der Waals surface area contributed by atoms with Crippen LogP contribution < -0.4 is 5.32 Å². The smallest absolute Gasteiger partial charge is 0.0462 e. The van der Waals surface area contributed by atoms with Crippen LogP contribution in [0.25, 0.3) is 0 Å². The Bertz CT molecular complexity index is 141. The Labute approximate surface area is 82.0 Å². The van der Waals surface area contributed by atoms with E-state index in [4.69, 9.17) is 4.74 Å². The van der Waals surface area contributed by atoms with Gasteiger partial charge in [-0.25, -0.2) is 0 Å². The Morgan fingerprint density at radius 3 is 2.54 bits per heavy atom. The summed E-state index contributed by atoms with van der Waals surface area (Å²) in [6, 6.07) is 0.625. The van der Waals surface area contributed by atoms with Gasteiger partial charge in [0.15, 0.2) is 0 Å². The summed E-state index contributed by atoms with van der Waals surface area (Å²) in [7, 11) is 1.78. The fourth-order valence-corrected chi connectivity index (χ4v) is 1.70. The Kier molecular flexibility index (Phi) is 4.20. The molecule has 1 aliphatic rings. The second-order valence-corrected chi connectivity index (χ2v) is 4.63. The highest BCUT2D eigenvalue weighted by Crippen LogP contribution is 2.49. The van der Waals surface area contributed by atoms with Crippen LogP contribution in [-0.4, -0.2) is 26.3 Å². The van der Waals surface area contributed by atoms with Gasteiger partial charge in [-0.05, 0) is 31.1 Å². The van der Waals surface area contributed by atoms with E-state index in [0.29, 0.717) is 11.5 Å². The van der Waals surface area contributed by atoms with Gasteiger partial charge in [0.2, 0.25) is 0 Å². The van der Waals surface area contributed by atoms with Gasteiger partial charge in [0, 0.05) is 26.3 Å². The zero-order chi connectivity index (χ0) is 9.73. The maximum Gasteiger partial charge on any atom is 0.0462 e. The van der Waals surface area contributed by atoms with Crippen LogP contribution in [0, 0.1) is 5.41 Å². The van der Waals surface area contributed by atoms with Crippen molar-refractivity contribution in [1.82, 2.24) is 5.32 Å². The standard InChI is InChI=1S/C11H23NO/c1-10(2)12-9-11(6-7-11)5-4-8-13-3/h10,12H,4-9H2,1-3H3. The molecule has 1 saturated carbocycles. The third-order valence-electron chi connectivity index (χ3n) is 2.90. The van der Waals surface area contributed by atoms with Crippen molar-refractivity contribution in [3.05, 3.63) is 0 Å². The molecule has 13 heavy (non-hydrogen) atoms. The van der Waals surface area contributed by atoms with E-state index in [-0.39, 0.29) is 0 Å². The fourth-order valence-electron chi connectivity index (χ4n) is 1.70. The molecule has 0 aromatic rings. The predicted octanol–water partition coefficient (Wildman–Crippen LogP) is 2.19. The Hall–Kier alpha value is -0.0800. The van der Waals surface area contributed by atoms with Gasteiger partial charge in [-0.15, -0.1) is 0 Å². The lowest BCUT2D eigenvalue weighted by molar-refractivity contribution is 0.184. The van der Waals surface area contributed by atoms with Crippen molar-refractivity contribution in [3.63, 3.8) is 0 Å². The van der Waals surface area contributed by atoms with Gasteiger partial charge in [-0.1, -0.05) is 13.8 Å². The van der Waals surface area contributed by atoms with Crippen LogP contribution in [-0.2, 0) is 4.74 Å². The normalized spacial score (nSPS) is 19.4. The number of nitrogens with one attached hydrogen (secondary N) is 1. The van der Waals surface area contributed by atoms with Crippen molar-refractivity contribution >= 4 is 0 Å². The van der Waals surface area contributed by atoms with Crippen molar-refractivity contribution in [2.75, 3.05) is 20.3 Å². The van der Waals surface area contributed by atoms with Gasteiger partial charge in [-0.2, -0.15) is 0 Å². The van der Waals surface area contributed by atoms with Crippen molar-refractivity contribution < 1.29 is 4.74 Å². The molecule has 0 saturated heterocycles. The van der Waals surface area contributed by atoms with Crippen LogP contribution in [0.2, 0.25) is 0 Å². The lowest BCUT2D eigenvalue weighted by Crippen LogP contribution is -2.30. The first kappa shape index (κ1) is 11.0. The van der Waals surface area contributed by atoms with E-state index in [1.807, 2.05) is 0 Å². The number of ether oxygens (including phenoxy) is 1. The molecule has 0 radical (unpaired) electrons. The monoisotopic (exact) mass is 185 g/mol. The second-order valence-electron chi connectivity index (χ2n) is 4.63. The summed E-state index contributed by atoms with van der Waals surface area (Å²) in [5, 5.41) is 3.53. The van der Waals surface area contributed by atoms with Crippen molar-refractivity contribution in [2.45, 2.75) is 45.6 Å². The number of hydrogen-bond donors (Lipinski definition) is 1. The number of methoxy groups -OCH3 is 1. The van der Waals surface area contributed by atoms with Crippen LogP contribution in [0.1, 0.15) is 39.5 Å². The molecule has 0 aliphatic heterocycles. The van der Waals surface area contributed by atoms with Crippen LogP contribution in [0.15, 0.2) is 0 Å². The molecule has 2 nitrogen and oxygen atoms in total. The molecule has 1 aliphatic carbocycles. The molecule has 0 spiro atoms. The first-order chi connectivity index (χ1) is 6.18. The van der Waals surface area contributed by atoms with Crippen molar-refractivity contribution in [2.24, 2.45) is 5.41 Å². The largest absolute Gasteiger partial charge is 0.385 e. The molecule has 0 aromatic heterocycles. The quantitative estimate of drug-likeness (QED) is 0.614. The van der Waals surface area contributed by atoms with Crippen LogP contribution in [0.3, 0.4) is 0 Å². The van der Waals surface area contributed by atoms with Crippen molar-refractivity contribution in [3.8, 4) is 0 Å². The average molecular weight is 185 g/mol. The zero-order valence-electron chi connectivity index (χ0n) is 9.23. The fraction of sp³-hybridized carbons (Fsp3) is 1.00. The van der Waals surface area contributed by atoms with Gasteiger partial charge >= 0.3 is 0 Å². The maximum absolute atomic E-state index is 5.07. The molecule has 78 valence electrons. The number of hydrogen-bond acceptors (Lipinski definition) is 2. The summed E-state index contributed by atoms with van der Waals surface area (Å²) in [6.07, 6.45) is 5.38. The minimum atomic E-state index is 0.625. The predicted molar refractivity (Wildman–Crippen MR) is 55.9 cm³/mol. The Morgan fingerprint density at radius 2 is 2.08 bits per heavy atom. The van der Waals surface area contributed by atoms with Gasteiger partial charge in [0.25, 0.3) is 0 Å². The first-order valence-electron chi connectivity index (χ1n) is 5.41. The second kappa shape index (κ2) is 4.97. The topological polar surface area (TPSA) is 21.3 Å². The third-order valence-corrected chi connectivity index (χ3v) is 2.90. The molecular weight excluding hydrogens is 162 g/mol. The van der Waals surface area contributed by atoms with Gasteiger partial charge in [-0.3, -0.25) is 0 Å². The molecule has 1 rings (SSSR count). The van der Waals surface area contributed by atoms with E-state index in [9.17, 15) is 0 Å². The molecular formula is C11H23NO. The van der Waals surface area contributed by atoms with E-state index < -0.39 is 0 Å². The van der Waals surface area contributed by atoms with Gasteiger partial charge in [0.05, 0.1) is 0 Å². The van der Waals surface area contributed by atoms with E-state index >= 15 is 0 Å².